The van der Waals surface area contributed by atoms with Gasteiger partial charge in [-0.2, -0.15) is 5.10 Å². The maximum absolute atomic E-state index is 13.3. The highest BCUT2D eigenvalue weighted by molar-refractivity contribution is 8.26. The number of hydrogen-bond donors (Lipinski definition) is 0. The Morgan fingerprint density at radius 2 is 2.08 bits per heavy atom. The molecule has 2 aliphatic heterocycles. The molecule has 192 valence electrons. The van der Waals surface area contributed by atoms with Crippen LogP contribution >= 0.6 is 24.0 Å². The molecule has 5 rings (SSSR count). The number of aryl methyl sites for hydroxylation is 1. The lowest BCUT2D eigenvalue weighted by atomic mass is 10.0. The van der Waals surface area contributed by atoms with Crippen LogP contribution in [0.15, 0.2) is 59.6 Å². The Hall–Kier alpha value is -2.94. The summed E-state index contributed by atoms with van der Waals surface area (Å²) >= 11 is 6.91. The third-order valence-corrected chi connectivity index (χ3v) is 7.93. The molecule has 2 fully saturated rings. The molecule has 0 bridgehead atoms. The zero-order valence-corrected chi connectivity index (χ0v) is 22.8. The van der Waals surface area contributed by atoms with E-state index in [0.29, 0.717) is 22.4 Å². The largest absolute Gasteiger partial charge is 0.494 e. The van der Waals surface area contributed by atoms with Gasteiger partial charge in [0.2, 0.25) is 0 Å². The fraction of sp³-hybridized carbons (Fsp3) is 0.345. The van der Waals surface area contributed by atoms with Gasteiger partial charge in [-0.1, -0.05) is 55.5 Å². The Kier molecular flexibility index (Phi) is 8.08. The van der Waals surface area contributed by atoms with Crippen LogP contribution in [0.4, 0.5) is 0 Å². The molecule has 6 nitrogen and oxygen atoms in total. The summed E-state index contributed by atoms with van der Waals surface area (Å²) in [5.41, 5.74) is 4.69. The molecule has 1 atom stereocenters. The lowest BCUT2D eigenvalue weighted by Gasteiger charge is -2.18. The Morgan fingerprint density at radius 1 is 1.24 bits per heavy atom. The van der Waals surface area contributed by atoms with Crippen LogP contribution in [0, 0.1) is 6.92 Å². The van der Waals surface area contributed by atoms with Gasteiger partial charge in [-0.3, -0.25) is 9.69 Å². The molecule has 2 aliphatic rings. The standard InChI is InChI=1S/C29H31N3O3S2/c1-3-4-14-34-23-12-13-25(20(2)16-23)27-21(18-32(30-27)22-9-6-5-7-10-22)17-26-28(33)31(29(36)37-26)19-24-11-8-15-35-24/h5-7,9-10,12-13,16-18,24H,3-4,8,11,14-15,19H2,1-2H3. The number of thioether (sulfide) groups is 1. The smallest absolute Gasteiger partial charge is 0.266 e. The first kappa shape index (κ1) is 25.7. The number of amides is 1. The topological polar surface area (TPSA) is 56.6 Å². The highest BCUT2D eigenvalue weighted by Crippen LogP contribution is 2.36. The van der Waals surface area contributed by atoms with E-state index in [1.165, 1.54) is 11.8 Å². The van der Waals surface area contributed by atoms with E-state index < -0.39 is 0 Å². The molecule has 1 aromatic heterocycles. The molecule has 1 amide bonds. The highest BCUT2D eigenvalue weighted by atomic mass is 32.2. The first-order valence-corrected chi connectivity index (χ1v) is 14.0. The van der Waals surface area contributed by atoms with Crippen molar-refractivity contribution in [3.05, 3.63) is 70.8 Å². The number of hydrogen-bond acceptors (Lipinski definition) is 6. The lowest BCUT2D eigenvalue weighted by Crippen LogP contribution is -2.35. The van der Waals surface area contributed by atoms with Gasteiger partial charge in [-0.15, -0.1) is 0 Å². The number of unbranched alkanes of at least 4 members (excludes halogenated alkanes) is 1. The van der Waals surface area contributed by atoms with Crippen molar-refractivity contribution in [2.24, 2.45) is 0 Å². The summed E-state index contributed by atoms with van der Waals surface area (Å²) in [7, 11) is 0. The second-order valence-electron chi connectivity index (χ2n) is 9.32. The van der Waals surface area contributed by atoms with Crippen molar-refractivity contribution in [1.82, 2.24) is 14.7 Å². The van der Waals surface area contributed by atoms with E-state index in [9.17, 15) is 4.79 Å². The van der Waals surface area contributed by atoms with E-state index in [1.807, 2.05) is 59.4 Å². The molecule has 8 heteroatoms. The lowest BCUT2D eigenvalue weighted by molar-refractivity contribution is -0.123. The quantitative estimate of drug-likeness (QED) is 0.180. The van der Waals surface area contributed by atoms with Gasteiger partial charge in [0.25, 0.3) is 5.91 Å². The molecule has 3 heterocycles. The first-order valence-electron chi connectivity index (χ1n) is 12.8. The number of rotatable bonds is 9. The molecule has 37 heavy (non-hydrogen) atoms. The first-order chi connectivity index (χ1) is 18.0. The summed E-state index contributed by atoms with van der Waals surface area (Å²) in [5.74, 6) is 0.786. The summed E-state index contributed by atoms with van der Waals surface area (Å²) < 4.78 is 14.1. The van der Waals surface area contributed by atoms with E-state index in [1.54, 1.807) is 4.90 Å². The predicted octanol–water partition coefficient (Wildman–Crippen LogP) is 6.41. The normalized spacial score (nSPS) is 18.8. The van der Waals surface area contributed by atoms with Crippen molar-refractivity contribution in [3.63, 3.8) is 0 Å². The van der Waals surface area contributed by atoms with Crippen molar-refractivity contribution >= 4 is 40.3 Å². The molecular formula is C29H31N3O3S2. The maximum atomic E-state index is 13.3. The Balaban J connectivity index is 1.49. The van der Waals surface area contributed by atoms with Gasteiger partial charge in [-0.05, 0) is 68.2 Å². The van der Waals surface area contributed by atoms with Gasteiger partial charge < -0.3 is 9.47 Å². The summed E-state index contributed by atoms with van der Waals surface area (Å²) in [6, 6.07) is 16.1. The highest BCUT2D eigenvalue weighted by Gasteiger charge is 2.35. The van der Waals surface area contributed by atoms with Crippen LogP contribution < -0.4 is 4.74 Å². The zero-order chi connectivity index (χ0) is 25.8. The molecule has 0 spiro atoms. The molecule has 0 radical (unpaired) electrons. The van der Waals surface area contributed by atoms with Crippen molar-refractivity contribution in [2.45, 2.75) is 45.6 Å². The number of carbonyl (C=O) groups is 1. The molecule has 3 aromatic rings. The number of ether oxygens (including phenoxy) is 2. The average Bonchev–Trinajstić information content (AvgIpc) is 3.63. The molecule has 0 aliphatic carbocycles. The number of para-hydroxylation sites is 1. The molecule has 0 saturated carbocycles. The van der Waals surface area contributed by atoms with Crippen LogP contribution in [0.2, 0.25) is 0 Å². The summed E-state index contributed by atoms with van der Waals surface area (Å²) in [6.45, 7) is 6.18. The summed E-state index contributed by atoms with van der Waals surface area (Å²) in [6.07, 6.45) is 8.05. The van der Waals surface area contributed by atoms with E-state index in [0.717, 1.165) is 66.1 Å². The summed E-state index contributed by atoms with van der Waals surface area (Å²) in [4.78, 5) is 15.6. The minimum absolute atomic E-state index is 0.0546. The molecule has 2 saturated heterocycles. The Morgan fingerprint density at radius 3 is 2.81 bits per heavy atom. The van der Waals surface area contributed by atoms with E-state index in [4.69, 9.17) is 26.8 Å². The summed E-state index contributed by atoms with van der Waals surface area (Å²) in [5, 5.41) is 4.95. The van der Waals surface area contributed by atoms with Gasteiger partial charge in [0.1, 0.15) is 15.8 Å². The second kappa shape index (κ2) is 11.6. The predicted molar refractivity (Wildman–Crippen MR) is 153 cm³/mol. The monoisotopic (exact) mass is 533 g/mol. The van der Waals surface area contributed by atoms with Crippen LogP contribution in [0.1, 0.15) is 43.7 Å². The van der Waals surface area contributed by atoms with Crippen molar-refractivity contribution < 1.29 is 14.3 Å². The number of nitrogens with zero attached hydrogens (tertiary/aromatic N) is 3. The van der Waals surface area contributed by atoms with Gasteiger partial charge in [0.15, 0.2) is 0 Å². The number of benzene rings is 2. The minimum atomic E-state index is -0.0692. The maximum Gasteiger partial charge on any atom is 0.266 e. The molecule has 0 N–H and O–H groups in total. The van der Waals surface area contributed by atoms with Crippen molar-refractivity contribution in [2.75, 3.05) is 19.8 Å². The second-order valence-corrected chi connectivity index (χ2v) is 11.0. The Labute approximate surface area is 227 Å². The fourth-order valence-corrected chi connectivity index (χ4v) is 5.80. The van der Waals surface area contributed by atoms with Gasteiger partial charge in [0.05, 0.1) is 29.8 Å². The SMILES string of the molecule is CCCCOc1ccc(-c2nn(-c3ccccc3)cc2C=C2SC(=S)N(CC3CCCO3)C2=O)c(C)c1. The van der Waals surface area contributed by atoms with E-state index >= 15 is 0 Å². The Bertz CT molecular complexity index is 1310. The number of thiocarbonyl (C=S) groups is 1. The third-order valence-electron chi connectivity index (χ3n) is 6.55. The number of aromatic nitrogens is 2. The van der Waals surface area contributed by atoms with Crippen LogP contribution in [0.3, 0.4) is 0 Å². The zero-order valence-electron chi connectivity index (χ0n) is 21.2. The van der Waals surface area contributed by atoms with Crippen molar-refractivity contribution in [3.8, 4) is 22.7 Å². The van der Waals surface area contributed by atoms with Gasteiger partial charge in [-0.25, -0.2) is 4.68 Å². The van der Waals surface area contributed by atoms with Crippen LogP contribution in [0.5, 0.6) is 5.75 Å². The van der Waals surface area contributed by atoms with E-state index in [2.05, 4.69) is 19.9 Å². The minimum Gasteiger partial charge on any atom is -0.494 e. The molecular weight excluding hydrogens is 502 g/mol. The van der Waals surface area contributed by atoms with Crippen LogP contribution in [-0.2, 0) is 9.53 Å². The van der Waals surface area contributed by atoms with Crippen LogP contribution in [-0.4, -0.2) is 50.8 Å². The average molecular weight is 534 g/mol. The van der Waals surface area contributed by atoms with Gasteiger partial charge >= 0.3 is 0 Å². The number of carbonyl (C=O) groups excluding carboxylic acids is 1. The van der Waals surface area contributed by atoms with Crippen LogP contribution in [0.25, 0.3) is 23.0 Å². The third kappa shape index (κ3) is 5.81. The molecule has 2 aromatic carbocycles. The van der Waals surface area contributed by atoms with E-state index in [-0.39, 0.29) is 12.0 Å². The van der Waals surface area contributed by atoms with Crippen molar-refractivity contribution in [1.29, 1.82) is 0 Å². The van der Waals surface area contributed by atoms with Gasteiger partial charge in [0, 0.05) is 23.9 Å². The molecule has 1 unspecified atom stereocenters. The fourth-order valence-electron chi connectivity index (χ4n) is 4.53.